The summed E-state index contributed by atoms with van der Waals surface area (Å²) >= 11 is 6.80. The standard InChI is InChI=1S/C19H18Br2N2O3/c20-14-6-7-16(15(21)10-14)22-18(24)11-17-19(25)26-9-8-23(17)12-13-4-2-1-3-5-13/h1-7,10,17H,8-9,11-12H2,(H,22,24). The van der Waals surface area contributed by atoms with Gasteiger partial charge in [0, 0.05) is 22.0 Å². The third-order valence-corrected chi connectivity index (χ3v) is 5.30. The van der Waals surface area contributed by atoms with Gasteiger partial charge in [-0.3, -0.25) is 14.5 Å². The maximum Gasteiger partial charge on any atom is 0.323 e. The molecule has 1 heterocycles. The Morgan fingerprint density at radius 3 is 2.69 bits per heavy atom. The fraction of sp³-hybridized carbons (Fsp3) is 0.263. The molecular formula is C19H18Br2N2O3. The monoisotopic (exact) mass is 480 g/mol. The Kier molecular flexibility index (Phi) is 6.45. The SMILES string of the molecule is O=C(CC1C(=O)OCCN1Cc1ccccc1)Nc1ccc(Br)cc1Br. The number of esters is 1. The summed E-state index contributed by atoms with van der Waals surface area (Å²) in [6, 6.07) is 14.8. The molecule has 1 fully saturated rings. The molecule has 2 aromatic carbocycles. The van der Waals surface area contributed by atoms with E-state index in [2.05, 4.69) is 37.2 Å². The van der Waals surface area contributed by atoms with E-state index in [1.54, 1.807) is 6.07 Å². The minimum atomic E-state index is -0.585. The first-order chi connectivity index (χ1) is 12.5. The lowest BCUT2D eigenvalue weighted by Gasteiger charge is -2.33. The van der Waals surface area contributed by atoms with Crippen molar-refractivity contribution in [3.05, 3.63) is 63.0 Å². The zero-order valence-corrected chi connectivity index (χ0v) is 17.1. The summed E-state index contributed by atoms with van der Waals surface area (Å²) in [7, 11) is 0. The van der Waals surface area contributed by atoms with Crippen LogP contribution in [0.2, 0.25) is 0 Å². The number of ether oxygens (including phenoxy) is 1. The van der Waals surface area contributed by atoms with Crippen molar-refractivity contribution in [3.8, 4) is 0 Å². The van der Waals surface area contributed by atoms with Gasteiger partial charge in [-0.1, -0.05) is 46.3 Å². The molecule has 1 amide bonds. The highest BCUT2D eigenvalue weighted by atomic mass is 79.9. The molecule has 1 aliphatic heterocycles. The number of hydrogen-bond acceptors (Lipinski definition) is 4. The van der Waals surface area contributed by atoms with Gasteiger partial charge in [0.15, 0.2) is 0 Å². The fourth-order valence-electron chi connectivity index (χ4n) is 2.85. The molecule has 7 heteroatoms. The predicted octanol–water partition coefficient (Wildman–Crippen LogP) is 3.97. The topological polar surface area (TPSA) is 58.6 Å². The van der Waals surface area contributed by atoms with Crippen molar-refractivity contribution in [1.82, 2.24) is 4.90 Å². The van der Waals surface area contributed by atoms with Gasteiger partial charge >= 0.3 is 5.97 Å². The summed E-state index contributed by atoms with van der Waals surface area (Å²) in [5.41, 5.74) is 1.76. The maximum absolute atomic E-state index is 12.5. The third-order valence-electron chi connectivity index (χ3n) is 4.15. The number of amides is 1. The second kappa shape index (κ2) is 8.79. The van der Waals surface area contributed by atoms with Crippen molar-refractivity contribution in [2.45, 2.75) is 19.0 Å². The molecule has 1 atom stereocenters. The summed E-state index contributed by atoms with van der Waals surface area (Å²) in [5, 5.41) is 2.85. The first-order valence-electron chi connectivity index (χ1n) is 8.22. The van der Waals surface area contributed by atoms with E-state index in [9.17, 15) is 9.59 Å². The van der Waals surface area contributed by atoms with Gasteiger partial charge in [0.05, 0.1) is 12.1 Å². The molecule has 0 saturated carbocycles. The van der Waals surface area contributed by atoms with Crippen LogP contribution in [0.3, 0.4) is 0 Å². The number of morpholine rings is 1. The maximum atomic E-state index is 12.5. The molecule has 1 aliphatic rings. The molecule has 3 rings (SSSR count). The highest BCUT2D eigenvalue weighted by molar-refractivity contribution is 9.11. The predicted molar refractivity (Wildman–Crippen MR) is 107 cm³/mol. The van der Waals surface area contributed by atoms with Crippen LogP contribution < -0.4 is 5.32 Å². The van der Waals surface area contributed by atoms with E-state index in [4.69, 9.17) is 4.74 Å². The number of halogens is 2. The summed E-state index contributed by atoms with van der Waals surface area (Å²) in [6.45, 7) is 1.57. The number of benzene rings is 2. The summed E-state index contributed by atoms with van der Waals surface area (Å²) in [5.74, 6) is -0.577. The molecule has 0 aromatic heterocycles. The van der Waals surface area contributed by atoms with Crippen molar-refractivity contribution >= 4 is 49.4 Å². The number of hydrogen-bond donors (Lipinski definition) is 1. The van der Waals surface area contributed by atoms with E-state index in [1.165, 1.54) is 0 Å². The van der Waals surface area contributed by atoms with E-state index >= 15 is 0 Å². The molecule has 0 spiro atoms. The summed E-state index contributed by atoms with van der Waals surface area (Å²) in [4.78, 5) is 26.7. The van der Waals surface area contributed by atoms with Gasteiger partial charge in [-0.15, -0.1) is 0 Å². The molecule has 0 bridgehead atoms. The van der Waals surface area contributed by atoms with Crippen molar-refractivity contribution in [1.29, 1.82) is 0 Å². The number of carbonyl (C=O) groups is 2. The summed E-state index contributed by atoms with van der Waals surface area (Å²) < 4.78 is 6.85. The lowest BCUT2D eigenvalue weighted by Crippen LogP contribution is -2.49. The molecule has 5 nitrogen and oxygen atoms in total. The average molecular weight is 482 g/mol. The van der Waals surface area contributed by atoms with E-state index in [0.717, 1.165) is 14.5 Å². The molecule has 2 aromatic rings. The molecular weight excluding hydrogens is 464 g/mol. The van der Waals surface area contributed by atoms with Crippen LogP contribution >= 0.6 is 31.9 Å². The van der Waals surface area contributed by atoms with Crippen LogP contribution in [-0.2, 0) is 20.9 Å². The van der Waals surface area contributed by atoms with E-state index in [-0.39, 0.29) is 18.3 Å². The number of anilines is 1. The van der Waals surface area contributed by atoms with Crippen molar-refractivity contribution in [2.75, 3.05) is 18.5 Å². The van der Waals surface area contributed by atoms with Crippen molar-refractivity contribution < 1.29 is 14.3 Å². The molecule has 1 N–H and O–H groups in total. The first-order valence-corrected chi connectivity index (χ1v) is 9.81. The van der Waals surface area contributed by atoms with Crippen LogP contribution in [0.1, 0.15) is 12.0 Å². The molecule has 136 valence electrons. The minimum absolute atomic E-state index is 0.0498. The third kappa shape index (κ3) is 4.93. The Labute approximate surface area is 169 Å². The zero-order valence-electron chi connectivity index (χ0n) is 14.0. The summed E-state index contributed by atoms with van der Waals surface area (Å²) in [6.07, 6.45) is 0.0498. The van der Waals surface area contributed by atoms with Crippen LogP contribution in [0, 0.1) is 0 Å². The van der Waals surface area contributed by atoms with Crippen LogP contribution in [0.4, 0.5) is 5.69 Å². The molecule has 0 aliphatic carbocycles. The van der Waals surface area contributed by atoms with Gasteiger partial charge in [0.2, 0.25) is 5.91 Å². The second-order valence-corrected chi connectivity index (χ2v) is 7.79. The van der Waals surface area contributed by atoms with Crippen molar-refractivity contribution in [2.24, 2.45) is 0 Å². The number of cyclic esters (lactones) is 1. The van der Waals surface area contributed by atoms with Gasteiger partial charge in [-0.2, -0.15) is 0 Å². The van der Waals surface area contributed by atoms with Gasteiger partial charge in [0.25, 0.3) is 0 Å². The van der Waals surface area contributed by atoms with Gasteiger partial charge < -0.3 is 10.1 Å². The van der Waals surface area contributed by atoms with Crippen LogP contribution in [0.25, 0.3) is 0 Å². The van der Waals surface area contributed by atoms with E-state index in [1.807, 2.05) is 47.4 Å². The van der Waals surface area contributed by atoms with Gasteiger partial charge in [0.1, 0.15) is 12.6 Å². The number of carbonyl (C=O) groups excluding carboxylic acids is 2. The Balaban J connectivity index is 1.68. The highest BCUT2D eigenvalue weighted by Gasteiger charge is 2.33. The molecule has 26 heavy (non-hydrogen) atoms. The average Bonchev–Trinajstić information content (AvgIpc) is 2.61. The fourth-order valence-corrected chi connectivity index (χ4v) is 4.00. The largest absolute Gasteiger partial charge is 0.463 e. The quantitative estimate of drug-likeness (QED) is 0.656. The van der Waals surface area contributed by atoms with E-state index < -0.39 is 6.04 Å². The number of nitrogens with zero attached hydrogens (tertiary/aromatic N) is 1. The Bertz CT molecular complexity index is 799. The minimum Gasteiger partial charge on any atom is -0.463 e. The Hall–Kier alpha value is -1.70. The van der Waals surface area contributed by atoms with Crippen LogP contribution in [0.5, 0.6) is 0 Å². The lowest BCUT2D eigenvalue weighted by atomic mass is 10.1. The molecule has 1 saturated heterocycles. The molecule has 0 radical (unpaired) electrons. The smallest absolute Gasteiger partial charge is 0.323 e. The van der Waals surface area contributed by atoms with Crippen molar-refractivity contribution in [3.63, 3.8) is 0 Å². The van der Waals surface area contributed by atoms with Gasteiger partial charge in [-0.05, 0) is 39.7 Å². The zero-order chi connectivity index (χ0) is 18.5. The van der Waals surface area contributed by atoms with Crippen LogP contribution in [0.15, 0.2) is 57.5 Å². The molecule has 1 unspecified atom stereocenters. The lowest BCUT2D eigenvalue weighted by molar-refractivity contribution is -0.159. The highest BCUT2D eigenvalue weighted by Crippen LogP contribution is 2.26. The second-order valence-electron chi connectivity index (χ2n) is 6.02. The first kappa shape index (κ1) is 19.1. The Morgan fingerprint density at radius 2 is 1.96 bits per heavy atom. The van der Waals surface area contributed by atoms with Gasteiger partial charge in [-0.25, -0.2) is 0 Å². The normalized spacial score (nSPS) is 17.6. The number of rotatable bonds is 5. The van der Waals surface area contributed by atoms with E-state index in [0.29, 0.717) is 25.4 Å². The number of nitrogens with one attached hydrogen (secondary N) is 1. The Morgan fingerprint density at radius 1 is 1.19 bits per heavy atom. The van der Waals surface area contributed by atoms with Crippen LogP contribution in [-0.4, -0.2) is 36.0 Å².